The lowest BCUT2D eigenvalue weighted by atomic mass is 10.1. The molecule has 300 valence electrons. The zero-order chi connectivity index (χ0) is 40.6. The summed E-state index contributed by atoms with van der Waals surface area (Å²) in [6, 6.07) is 24.2. The van der Waals surface area contributed by atoms with Gasteiger partial charge in [-0.25, -0.2) is 31.5 Å². The molecule has 6 heterocycles. The van der Waals surface area contributed by atoms with Crippen LogP contribution in [0.3, 0.4) is 0 Å². The number of carbonyl (C=O) groups excluding carboxylic acids is 2. The van der Waals surface area contributed by atoms with Crippen molar-refractivity contribution in [3.63, 3.8) is 0 Å². The number of nitrogens with zero attached hydrogens (tertiary/aromatic N) is 9. The SMILES string of the molecule is CC1CN(C(=O)c2ccccc2)CCN1S(=O)(=O)c1ccc(-n2cncn2)s1.CC1CN(C(=O)c2ccccc2)CCN1S(=O)(=O)c1ccc(Br)s1.c1nc[nH]n1. The molecule has 2 aromatic carbocycles. The molecule has 0 bridgehead atoms. The van der Waals surface area contributed by atoms with E-state index in [1.165, 1.54) is 49.9 Å². The van der Waals surface area contributed by atoms with E-state index in [0.717, 1.165) is 15.1 Å². The molecule has 2 saturated heterocycles. The van der Waals surface area contributed by atoms with Crippen molar-refractivity contribution in [3.05, 3.63) is 125 Å². The van der Waals surface area contributed by atoms with Crippen LogP contribution in [0.15, 0.2) is 122 Å². The van der Waals surface area contributed by atoms with Crippen molar-refractivity contribution in [2.45, 2.75) is 34.3 Å². The molecule has 0 saturated carbocycles. The van der Waals surface area contributed by atoms with Gasteiger partial charge in [-0.2, -0.15) is 18.8 Å². The molecular formula is C36H39BrN10O6S4. The Labute approximate surface area is 347 Å². The summed E-state index contributed by atoms with van der Waals surface area (Å²) < 4.78 is 57.6. The van der Waals surface area contributed by atoms with E-state index in [-0.39, 0.29) is 34.7 Å². The standard InChI is InChI=1S/C18H19N5O3S2.C16H17BrN2O3S2.C2H3N3/c1-14-11-21(18(24)15-5-3-2-4-6-15)9-10-23(14)28(25,26)17-8-7-16(27-17)22-13-19-12-20-22;1-12-11-18(16(20)13-5-3-2-4-6-13)9-10-19(12)24(21,22)15-8-7-14(17)23-15;1-3-2-5-4-1/h2-8,12-14H,9-11H2,1H3;2-8,12H,9-11H2,1H3;1-2H,(H,3,4,5). The minimum atomic E-state index is -3.64. The number of carbonyl (C=O) groups is 2. The molecule has 2 aliphatic heterocycles. The Morgan fingerprint density at radius 2 is 1.21 bits per heavy atom. The largest absolute Gasteiger partial charge is 0.336 e. The minimum Gasteiger partial charge on any atom is -0.336 e. The Morgan fingerprint density at radius 1 is 0.684 bits per heavy atom. The monoisotopic (exact) mass is 914 g/mol. The van der Waals surface area contributed by atoms with Gasteiger partial charge in [0.15, 0.2) is 0 Å². The molecule has 0 radical (unpaired) electrons. The van der Waals surface area contributed by atoms with E-state index in [1.54, 1.807) is 58.3 Å². The predicted octanol–water partition coefficient (Wildman–Crippen LogP) is 4.71. The zero-order valence-corrected chi connectivity index (χ0v) is 35.6. The van der Waals surface area contributed by atoms with Crippen molar-refractivity contribution >= 4 is 70.5 Å². The molecule has 4 aromatic heterocycles. The molecule has 8 rings (SSSR count). The van der Waals surface area contributed by atoms with E-state index in [9.17, 15) is 26.4 Å². The van der Waals surface area contributed by atoms with Crippen molar-refractivity contribution in [1.82, 2.24) is 48.4 Å². The summed E-state index contributed by atoms with van der Waals surface area (Å²) in [5.41, 5.74) is 1.24. The molecule has 0 spiro atoms. The Bertz CT molecular complexity index is 2410. The maximum Gasteiger partial charge on any atom is 0.253 e. The second-order valence-corrected chi connectivity index (χ2v) is 20.6. The number of H-pyrrole nitrogens is 1. The molecule has 2 amide bonds. The van der Waals surface area contributed by atoms with Crippen LogP contribution in [0.5, 0.6) is 0 Å². The lowest BCUT2D eigenvalue weighted by Crippen LogP contribution is -2.55. The number of amides is 2. The molecular weight excluding hydrogens is 877 g/mol. The third-order valence-corrected chi connectivity index (χ3v) is 16.6. The lowest BCUT2D eigenvalue weighted by Gasteiger charge is -2.38. The van der Waals surface area contributed by atoms with Crippen molar-refractivity contribution in [3.8, 4) is 5.00 Å². The number of hydrogen-bond acceptors (Lipinski definition) is 12. The summed E-state index contributed by atoms with van der Waals surface area (Å²) in [4.78, 5) is 36.0. The van der Waals surface area contributed by atoms with Gasteiger partial charge in [0.2, 0.25) is 0 Å². The van der Waals surface area contributed by atoms with E-state index in [4.69, 9.17) is 0 Å². The first-order valence-electron chi connectivity index (χ1n) is 17.6. The highest BCUT2D eigenvalue weighted by Gasteiger charge is 2.37. The smallest absolute Gasteiger partial charge is 0.253 e. The molecule has 2 aliphatic rings. The van der Waals surface area contributed by atoms with Crippen LogP contribution in [-0.2, 0) is 20.0 Å². The van der Waals surface area contributed by atoms with E-state index >= 15 is 0 Å². The maximum absolute atomic E-state index is 13.1. The average Bonchev–Trinajstić information content (AvgIpc) is 4.07. The number of sulfonamides is 2. The van der Waals surface area contributed by atoms with Gasteiger partial charge in [-0.1, -0.05) is 36.4 Å². The number of aromatic amines is 1. The van der Waals surface area contributed by atoms with E-state index in [2.05, 4.69) is 41.2 Å². The van der Waals surface area contributed by atoms with Gasteiger partial charge in [0, 0.05) is 62.5 Å². The summed E-state index contributed by atoms with van der Waals surface area (Å²) in [5.74, 6) is -0.132. The van der Waals surface area contributed by atoms with Crippen LogP contribution in [0.1, 0.15) is 34.6 Å². The van der Waals surface area contributed by atoms with Crippen molar-refractivity contribution < 1.29 is 26.4 Å². The average molecular weight is 916 g/mol. The van der Waals surface area contributed by atoms with Gasteiger partial charge in [-0.3, -0.25) is 14.7 Å². The third kappa shape index (κ3) is 10.1. The number of benzene rings is 2. The molecule has 2 atom stereocenters. The van der Waals surface area contributed by atoms with Crippen LogP contribution >= 0.6 is 38.6 Å². The molecule has 6 aromatic rings. The normalized spacial score (nSPS) is 17.9. The molecule has 1 N–H and O–H groups in total. The fourth-order valence-electron chi connectivity index (χ4n) is 6.22. The van der Waals surface area contributed by atoms with Crippen molar-refractivity contribution in [2.24, 2.45) is 0 Å². The predicted molar refractivity (Wildman–Crippen MR) is 219 cm³/mol. The van der Waals surface area contributed by atoms with Crippen molar-refractivity contribution in [1.29, 1.82) is 0 Å². The zero-order valence-electron chi connectivity index (χ0n) is 30.8. The number of thiophene rings is 2. The van der Waals surface area contributed by atoms with Crippen molar-refractivity contribution in [2.75, 3.05) is 39.3 Å². The first kappa shape index (κ1) is 42.0. The summed E-state index contributed by atoms with van der Waals surface area (Å²) in [5, 5.41) is 10.7. The quantitative estimate of drug-likeness (QED) is 0.235. The highest BCUT2D eigenvalue weighted by Crippen LogP contribution is 2.31. The van der Waals surface area contributed by atoms with Gasteiger partial charge in [-0.05, 0) is 78.3 Å². The molecule has 2 unspecified atom stereocenters. The van der Waals surface area contributed by atoms with Gasteiger partial charge in [-0.15, -0.1) is 22.7 Å². The number of piperazine rings is 2. The number of halogens is 1. The Balaban J connectivity index is 0.000000173. The molecule has 57 heavy (non-hydrogen) atoms. The van der Waals surface area contributed by atoms with Crippen LogP contribution in [0.25, 0.3) is 5.00 Å². The first-order chi connectivity index (χ1) is 27.4. The van der Waals surface area contributed by atoms with Gasteiger partial charge >= 0.3 is 0 Å². The van der Waals surface area contributed by atoms with E-state index < -0.39 is 20.0 Å². The number of hydrogen-bond donors (Lipinski definition) is 1. The molecule has 2 fully saturated rings. The molecule has 21 heteroatoms. The fraction of sp³-hybridized carbons (Fsp3) is 0.278. The number of rotatable bonds is 7. The fourth-order valence-corrected chi connectivity index (χ4v) is 12.9. The van der Waals surface area contributed by atoms with Crippen LogP contribution in [-0.4, -0.2) is 128 Å². The second kappa shape index (κ2) is 18.7. The summed E-state index contributed by atoms with van der Waals surface area (Å²) in [7, 11) is -7.16. The number of aromatic nitrogens is 6. The van der Waals surface area contributed by atoms with E-state index in [0.29, 0.717) is 53.1 Å². The second-order valence-electron chi connectivity index (χ2n) is 12.8. The molecule has 16 nitrogen and oxygen atoms in total. The third-order valence-electron chi connectivity index (χ3n) is 8.97. The number of nitrogens with one attached hydrogen (secondary N) is 1. The summed E-state index contributed by atoms with van der Waals surface area (Å²) >= 11 is 5.65. The highest BCUT2D eigenvalue weighted by molar-refractivity contribution is 9.11. The van der Waals surface area contributed by atoms with E-state index in [1.807, 2.05) is 50.2 Å². The minimum absolute atomic E-state index is 0.0571. The Morgan fingerprint density at radius 3 is 1.61 bits per heavy atom. The van der Waals surface area contributed by atoms with Gasteiger partial charge < -0.3 is 9.80 Å². The maximum atomic E-state index is 13.1. The summed E-state index contributed by atoms with van der Waals surface area (Å²) in [6.07, 6.45) is 5.89. The Kier molecular flexibility index (Phi) is 13.8. The lowest BCUT2D eigenvalue weighted by molar-refractivity contribution is 0.0637. The van der Waals surface area contributed by atoms with Crippen LogP contribution in [0.2, 0.25) is 0 Å². The molecule has 0 aliphatic carbocycles. The van der Waals surface area contributed by atoms with Gasteiger partial charge in [0.1, 0.15) is 38.7 Å². The highest BCUT2D eigenvalue weighted by atomic mass is 79.9. The Hall–Kier alpha value is -4.64. The van der Waals surface area contributed by atoms with Crippen LogP contribution in [0, 0.1) is 0 Å². The van der Waals surface area contributed by atoms with Gasteiger partial charge in [0.25, 0.3) is 31.9 Å². The topological polar surface area (TPSA) is 188 Å². The van der Waals surface area contributed by atoms with Crippen LogP contribution in [0.4, 0.5) is 0 Å². The van der Waals surface area contributed by atoms with Crippen LogP contribution < -0.4 is 0 Å². The van der Waals surface area contributed by atoms with Gasteiger partial charge in [0.05, 0.1) is 3.79 Å². The summed E-state index contributed by atoms with van der Waals surface area (Å²) in [6.45, 7) is 5.73. The first-order valence-corrected chi connectivity index (χ1v) is 22.9.